The molecule has 0 aliphatic heterocycles. The summed E-state index contributed by atoms with van der Waals surface area (Å²) in [6.07, 6.45) is 0. The topological polar surface area (TPSA) is 90.8 Å². The van der Waals surface area contributed by atoms with Crippen LogP contribution in [0.3, 0.4) is 0 Å². The number of hydrogen-bond acceptors (Lipinski definition) is 4. The zero-order valence-corrected chi connectivity index (χ0v) is 19.4. The molecular formula is C18H32IN3O3S. The van der Waals surface area contributed by atoms with Crippen molar-refractivity contribution >= 4 is 39.8 Å². The van der Waals surface area contributed by atoms with Crippen LogP contribution in [-0.4, -0.2) is 49.6 Å². The van der Waals surface area contributed by atoms with E-state index in [0.717, 1.165) is 5.56 Å². The predicted octanol–water partition coefficient (Wildman–Crippen LogP) is 2.28. The molecule has 0 aliphatic rings. The van der Waals surface area contributed by atoms with E-state index in [1.807, 2.05) is 37.3 Å². The Morgan fingerprint density at radius 2 is 1.69 bits per heavy atom. The number of hydrogen-bond donors (Lipinski definition) is 3. The molecule has 0 radical (unpaired) electrons. The maximum absolute atomic E-state index is 12.2. The fourth-order valence-electron chi connectivity index (χ4n) is 2.07. The van der Waals surface area contributed by atoms with Gasteiger partial charge in [-0.3, -0.25) is 0 Å². The largest absolute Gasteiger partial charge is 0.384 e. The molecule has 8 heteroatoms. The summed E-state index contributed by atoms with van der Waals surface area (Å²) in [7, 11) is -3.19. The van der Waals surface area contributed by atoms with Gasteiger partial charge in [-0.05, 0) is 40.2 Å². The van der Waals surface area contributed by atoms with Crippen molar-refractivity contribution < 1.29 is 13.5 Å². The summed E-state index contributed by atoms with van der Waals surface area (Å²) in [6.45, 7) is 9.79. The van der Waals surface area contributed by atoms with Gasteiger partial charge in [0.1, 0.15) is 5.60 Å². The minimum atomic E-state index is -3.19. The van der Waals surface area contributed by atoms with Gasteiger partial charge in [-0.1, -0.05) is 30.3 Å². The monoisotopic (exact) mass is 497 g/mol. The first-order valence-corrected chi connectivity index (χ1v) is 10.2. The third-order valence-electron chi connectivity index (χ3n) is 3.88. The fraction of sp³-hybridized carbons (Fsp3) is 0.611. The molecule has 0 heterocycles. The highest BCUT2D eigenvalue weighted by molar-refractivity contribution is 14.0. The number of nitrogens with zero attached hydrogens (tertiary/aromatic N) is 1. The predicted molar refractivity (Wildman–Crippen MR) is 119 cm³/mol. The van der Waals surface area contributed by atoms with Crippen LogP contribution >= 0.6 is 24.0 Å². The molecular weight excluding hydrogens is 465 g/mol. The van der Waals surface area contributed by atoms with Gasteiger partial charge >= 0.3 is 0 Å². The average molecular weight is 497 g/mol. The molecule has 0 bridgehead atoms. The lowest BCUT2D eigenvalue weighted by Gasteiger charge is -2.23. The average Bonchev–Trinajstić information content (AvgIpc) is 2.52. The molecule has 1 rings (SSSR count). The standard InChI is InChI=1S/C18H31N3O3S.HI/c1-6-19-16(20-12-13-25(23,24)17(2,3)4)21-14-18(5,22)15-10-8-7-9-11-15;/h7-11,22H,6,12-14H2,1-5H3,(H2,19,20,21);1H. The Labute approximate surface area is 174 Å². The van der Waals surface area contributed by atoms with Crippen molar-refractivity contribution in [1.82, 2.24) is 10.6 Å². The Morgan fingerprint density at radius 3 is 2.19 bits per heavy atom. The van der Waals surface area contributed by atoms with Crippen LogP contribution in [0.25, 0.3) is 0 Å². The van der Waals surface area contributed by atoms with Crippen LogP contribution in [0.1, 0.15) is 40.2 Å². The van der Waals surface area contributed by atoms with Crippen molar-refractivity contribution in [3.63, 3.8) is 0 Å². The van der Waals surface area contributed by atoms with Gasteiger partial charge in [0.2, 0.25) is 0 Å². The van der Waals surface area contributed by atoms with E-state index in [1.165, 1.54) is 0 Å². The minimum absolute atomic E-state index is 0. The minimum Gasteiger partial charge on any atom is -0.384 e. The van der Waals surface area contributed by atoms with Gasteiger partial charge in [-0.2, -0.15) is 0 Å². The molecule has 26 heavy (non-hydrogen) atoms. The molecule has 0 spiro atoms. The summed E-state index contributed by atoms with van der Waals surface area (Å²) in [4.78, 5) is 4.39. The highest BCUT2D eigenvalue weighted by Crippen LogP contribution is 2.20. The van der Waals surface area contributed by atoms with Crippen molar-refractivity contribution in [2.45, 2.75) is 45.0 Å². The van der Waals surface area contributed by atoms with Crippen LogP contribution in [-0.2, 0) is 15.4 Å². The smallest absolute Gasteiger partial charge is 0.191 e. The van der Waals surface area contributed by atoms with E-state index in [2.05, 4.69) is 15.6 Å². The van der Waals surface area contributed by atoms with Crippen LogP contribution in [0.2, 0.25) is 0 Å². The summed E-state index contributed by atoms with van der Waals surface area (Å²) in [6, 6.07) is 9.34. The summed E-state index contributed by atoms with van der Waals surface area (Å²) >= 11 is 0. The Kier molecular flexibility index (Phi) is 10.1. The van der Waals surface area contributed by atoms with Crippen molar-refractivity contribution in [3.8, 4) is 0 Å². The van der Waals surface area contributed by atoms with Crippen LogP contribution in [0.4, 0.5) is 0 Å². The highest BCUT2D eigenvalue weighted by atomic mass is 127. The van der Waals surface area contributed by atoms with Crippen LogP contribution in [0.15, 0.2) is 35.3 Å². The second-order valence-electron chi connectivity index (χ2n) is 7.19. The van der Waals surface area contributed by atoms with Gasteiger partial charge in [-0.15, -0.1) is 24.0 Å². The maximum Gasteiger partial charge on any atom is 0.191 e. The van der Waals surface area contributed by atoms with Gasteiger partial charge in [0, 0.05) is 13.1 Å². The van der Waals surface area contributed by atoms with E-state index in [1.54, 1.807) is 27.7 Å². The Balaban J connectivity index is 0.00000625. The normalized spacial score (nSPS) is 14.9. The zero-order valence-electron chi connectivity index (χ0n) is 16.2. The van der Waals surface area contributed by atoms with Crippen molar-refractivity contribution in [3.05, 3.63) is 35.9 Å². The van der Waals surface area contributed by atoms with Crippen LogP contribution < -0.4 is 10.6 Å². The van der Waals surface area contributed by atoms with Gasteiger partial charge in [0.25, 0.3) is 0 Å². The number of sulfone groups is 1. The van der Waals surface area contributed by atoms with E-state index in [9.17, 15) is 13.5 Å². The van der Waals surface area contributed by atoms with Gasteiger partial charge in [-0.25, -0.2) is 13.4 Å². The van der Waals surface area contributed by atoms with E-state index >= 15 is 0 Å². The molecule has 3 N–H and O–H groups in total. The van der Waals surface area contributed by atoms with Gasteiger partial charge in [0.15, 0.2) is 15.8 Å². The number of aliphatic hydroxyl groups is 1. The highest BCUT2D eigenvalue weighted by Gasteiger charge is 2.28. The summed E-state index contributed by atoms with van der Waals surface area (Å²) < 4.78 is 23.5. The molecule has 1 aromatic carbocycles. The van der Waals surface area contributed by atoms with E-state index < -0.39 is 20.2 Å². The third kappa shape index (κ3) is 7.79. The van der Waals surface area contributed by atoms with E-state index in [4.69, 9.17) is 0 Å². The lowest BCUT2D eigenvalue weighted by atomic mass is 9.96. The molecule has 1 atom stereocenters. The van der Waals surface area contributed by atoms with Crippen LogP contribution in [0, 0.1) is 0 Å². The molecule has 0 amide bonds. The molecule has 0 aromatic heterocycles. The SMILES string of the molecule is CCNC(=NCC(C)(O)c1ccccc1)NCCS(=O)(=O)C(C)(C)C.I. The second-order valence-corrected chi connectivity index (χ2v) is 10.1. The molecule has 6 nitrogen and oxygen atoms in total. The number of guanidine groups is 1. The van der Waals surface area contributed by atoms with Gasteiger partial charge in [0.05, 0.1) is 17.0 Å². The lowest BCUT2D eigenvalue weighted by Crippen LogP contribution is -2.42. The molecule has 1 unspecified atom stereocenters. The molecule has 0 aliphatic carbocycles. The zero-order chi connectivity index (χ0) is 19.1. The summed E-state index contributed by atoms with van der Waals surface area (Å²) in [5.41, 5.74) is -0.314. The molecule has 0 fully saturated rings. The summed E-state index contributed by atoms with van der Waals surface area (Å²) in [5.74, 6) is 0.513. The Hall–Kier alpha value is -0.870. The quantitative estimate of drug-likeness (QED) is 0.306. The van der Waals surface area contributed by atoms with Crippen LogP contribution in [0.5, 0.6) is 0 Å². The first kappa shape index (κ1) is 25.1. The lowest BCUT2D eigenvalue weighted by molar-refractivity contribution is 0.0672. The number of rotatable bonds is 7. The van der Waals surface area contributed by atoms with Crippen molar-refractivity contribution in [2.24, 2.45) is 4.99 Å². The van der Waals surface area contributed by atoms with Gasteiger partial charge < -0.3 is 15.7 Å². The first-order chi connectivity index (χ1) is 11.5. The van der Waals surface area contributed by atoms with Crippen molar-refractivity contribution in [1.29, 1.82) is 0 Å². The first-order valence-electron chi connectivity index (χ1n) is 8.52. The summed E-state index contributed by atoms with van der Waals surface area (Å²) in [5, 5.41) is 16.7. The Bertz CT molecular complexity index is 669. The molecule has 0 saturated carbocycles. The fourth-order valence-corrected chi connectivity index (χ4v) is 3.06. The number of halogens is 1. The van der Waals surface area contributed by atoms with E-state index in [-0.39, 0.29) is 42.8 Å². The van der Waals surface area contributed by atoms with Crippen molar-refractivity contribution in [2.75, 3.05) is 25.4 Å². The third-order valence-corrected chi connectivity index (χ3v) is 6.49. The number of benzene rings is 1. The molecule has 150 valence electrons. The maximum atomic E-state index is 12.2. The van der Waals surface area contributed by atoms with E-state index in [0.29, 0.717) is 12.5 Å². The second kappa shape index (κ2) is 10.5. The number of aliphatic imine (C=N–C) groups is 1. The Morgan fingerprint density at radius 1 is 1.12 bits per heavy atom. The number of nitrogens with one attached hydrogen (secondary N) is 2. The molecule has 0 saturated heterocycles. The molecule has 1 aromatic rings.